The summed E-state index contributed by atoms with van der Waals surface area (Å²) in [5.41, 5.74) is 2.67. The Morgan fingerprint density at radius 3 is 2.53 bits per heavy atom. The van der Waals surface area contributed by atoms with Crippen LogP contribution in [0.1, 0.15) is 32.3 Å². The van der Waals surface area contributed by atoms with Crippen LogP contribution in [-0.2, 0) is 0 Å². The van der Waals surface area contributed by atoms with Crippen molar-refractivity contribution < 1.29 is 0 Å². The quantitative estimate of drug-likeness (QED) is 0.699. The Labute approximate surface area is 93.1 Å². The summed E-state index contributed by atoms with van der Waals surface area (Å²) < 4.78 is 0. The summed E-state index contributed by atoms with van der Waals surface area (Å²) in [7, 11) is 0. The zero-order valence-corrected chi connectivity index (χ0v) is 10.0. The smallest absolute Gasteiger partial charge is 0.0375 e. The average Bonchev–Trinajstić information content (AvgIpc) is 2.25. The van der Waals surface area contributed by atoms with Crippen molar-refractivity contribution in [2.24, 2.45) is 0 Å². The van der Waals surface area contributed by atoms with E-state index < -0.39 is 0 Å². The molecule has 0 aliphatic heterocycles. The van der Waals surface area contributed by atoms with E-state index in [1.807, 2.05) is 0 Å². The second-order valence-corrected chi connectivity index (χ2v) is 4.02. The Balaban J connectivity index is 2.52. The summed E-state index contributed by atoms with van der Waals surface area (Å²) in [6, 6.07) is 8.54. The van der Waals surface area contributed by atoms with Crippen LogP contribution >= 0.6 is 0 Å². The summed E-state index contributed by atoms with van der Waals surface area (Å²) in [4.78, 5) is 0. The third-order valence-corrected chi connectivity index (χ3v) is 2.45. The van der Waals surface area contributed by atoms with E-state index in [1.165, 1.54) is 11.3 Å². The molecule has 2 heteroatoms. The van der Waals surface area contributed by atoms with Gasteiger partial charge in [0.15, 0.2) is 0 Å². The van der Waals surface area contributed by atoms with Gasteiger partial charge in [-0.25, -0.2) is 0 Å². The van der Waals surface area contributed by atoms with Crippen LogP contribution < -0.4 is 10.6 Å². The van der Waals surface area contributed by atoms with E-state index in [-0.39, 0.29) is 0 Å². The van der Waals surface area contributed by atoms with Crippen molar-refractivity contribution in [3.63, 3.8) is 0 Å². The Bertz CT molecular complexity index is 282. The first-order chi connectivity index (χ1) is 7.25. The SMILES string of the molecule is CCNCCNc1ccccc1C(C)C. The fraction of sp³-hybridized carbons (Fsp3) is 0.538. The van der Waals surface area contributed by atoms with E-state index in [9.17, 15) is 0 Å². The van der Waals surface area contributed by atoms with Crippen molar-refractivity contribution in [3.05, 3.63) is 29.8 Å². The first kappa shape index (κ1) is 12.1. The molecule has 0 saturated heterocycles. The highest BCUT2D eigenvalue weighted by molar-refractivity contribution is 5.52. The normalized spacial score (nSPS) is 10.7. The molecule has 0 heterocycles. The molecule has 0 aromatic heterocycles. The average molecular weight is 206 g/mol. The molecule has 0 bridgehead atoms. The maximum Gasteiger partial charge on any atom is 0.0375 e. The van der Waals surface area contributed by atoms with E-state index in [2.05, 4.69) is 55.7 Å². The molecule has 0 atom stereocenters. The number of rotatable bonds is 6. The second-order valence-electron chi connectivity index (χ2n) is 4.02. The summed E-state index contributed by atoms with van der Waals surface area (Å²) in [5, 5.41) is 6.77. The second kappa shape index (κ2) is 6.46. The van der Waals surface area contributed by atoms with E-state index in [4.69, 9.17) is 0 Å². The topological polar surface area (TPSA) is 24.1 Å². The monoisotopic (exact) mass is 206 g/mol. The lowest BCUT2D eigenvalue weighted by molar-refractivity contribution is 0.737. The van der Waals surface area contributed by atoms with Crippen LogP contribution in [0.2, 0.25) is 0 Å². The Morgan fingerprint density at radius 2 is 1.87 bits per heavy atom. The third-order valence-electron chi connectivity index (χ3n) is 2.45. The molecule has 1 aromatic carbocycles. The Kier molecular flexibility index (Phi) is 5.19. The number of hydrogen-bond acceptors (Lipinski definition) is 2. The summed E-state index contributed by atoms with van der Waals surface area (Å²) >= 11 is 0. The van der Waals surface area contributed by atoms with Gasteiger partial charge in [0.1, 0.15) is 0 Å². The molecule has 0 fully saturated rings. The lowest BCUT2D eigenvalue weighted by atomic mass is 10.0. The molecule has 0 spiro atoms. The van der Waals surface area contributed by atoms with E-state index in [1.54, 1.807) is 0 Å². The lowest BCUT2D eigenvalue weighted by Gasteiger charge is -2.14. The number of hydrogen-bond donors (Lipinski definition) is 2. The standard InChI is InChI=1S/C13H22N2/c1-4-14-9-10-15-13-8-6-5-7-12(13)11(2)3/h5-8,11,14-15H,4,9-10H2,1-3H3. The van der Waals surface area contributed by atoms with Gasteiger partial charge in [-0.05, 0) is 24.1 Å². The summed E-state index contributed by atoms with van der Waals surface area (Å²) in [6.07, 6.45) is 0. The van der Waals surface area contributed by atoms with Gasteiger partial charge in [0.25, 0.3) is 0 Å². The summed E-state index contributed by atoms with van der Waals surface area (Å²) in [6.45, 7) is 9.62. The molecule has 0 radical (unpaired) electrons. The van der Waals surface area contributed by atoms with Crippen LogP contribution in [-0.4, -0.2) is 19.6 Å². The van der Waals surface area contributed by atoms with Crippen LogP contribution in [0.5, 0.6) is 0 Å². The number of nitrogens with one attached hydrogen (secondary N) is 2. The van der Waals surface area contributed by atoms with Crippen LogP contribution in [0.25, 0.3) is 0 Å². The van der Waals surface area contributed by atoms with Crippen molar-refractivity contribution in [1.29, 1.82) is 0 Å². The van der Waals surface area contributed by atoms with Gasteiger partial charge in [-0.1, -0.05) is 39.0 Å². The molecule has 84 valence electrons. The van der Waals surface area contributed by atoms with Gasteiger partial charge in [-0.3, -0.25) is 0 Å². The molecule has 1 aromatic rings. The molecular formula is C13H22N2. The van der Waals surface area contributed by atoms with E-state index in [0.29, 0.717) is 5.92 Å². The number of likely N-dealkylation sites (N-methyl/N-ethyl adjacent to an activating group) is 1. The molecule has 0 aliphatic carbocycles. The van der Waals surface area contributed by atoms with Gasteiger partial charge in [0.05, 0.1) is 0 Å². The van der Waals surface area contributed by atoms with Crippen LogP contribution in [0, 0.1) is 0 Å². The number of anilines is 1. The van der Waals surface area contributed by atoms with Gasteiger partial charge in [-0.2, -0.15) is 0 Å². The van der Waals surface area contributed by atoms with Crippen LogP contribution in [0.15, 0.2) is 24.3 Å². The Hall–Kier alpha value is -1.02. The minimum absolute atomic E-state index is 0.577. The maximum absolute atomic E-state index is 3.47. The van der Waals surface area contributed by atoms with Crippen LogP contribution in [0.4, 0.5) is 5.69 Å². The zero-order valence-electron chi connectivity index (χ0n) is 10.0. The molecule has 2 N–H and O–H groups in total. The molecule has 0 amide bonds. The van der Waals surface area contributed by atoms with Gasteiger partial charge in [0.2, 0.25) is 0 Å². The molecule has 0 aliphatic rings. The Morgan fingerprint density at radius 1 is 1.13 bits per heavy atom. The third kappa shape index (κ3) is 3.92. The largest absolute Gasteiger partial charge is 0.384 e. The van der Waals surface area contributed by atoms with Gasteiger partial charge in [0, 0.05) is 18.8 Å². The van der Waals surface area contributed by atoms with Crippen LogP contribution in [0.3, 0.4) is 0 Å². The van der Waals surface area contributed by atoms with Gasteiger partial charge < -0.3 is 10.6 Å². The van der Waals surface area contributed by atoms with Gasteiger partial charge >= 0.3 is 0 Å². The molecule has 0 saturated carbocycles. The molecule has 2 nitrogen and oxygen atoms in total. The number of para-hydroxylation sites is 1. The van der Waals surface area contributed by atoms with E-state index in [0.717, 1.165) is 19.6 Å². The fourth-order valence-electron chi connectivity index (χ4n) is 1.62. The molecule has 1 rings (SSSR count). The zero-order chi connectivity index (χ0) is 11.1. The maximum atomic E-state index is 3.47. The minimum atomic E-state index is 0.577. The van der Waals surface area contributed by atoms with Gasteiger partial charge in [-0.15, -0.1) is 0 Å². The van der Waals surface area contributed by atoms with Crippen molar-refractivity contribution >= 4 is 5.69 Å². The van der Waals surface area contributed by atoms with Crippen molar-refractivity contribution in [3.8, 4) is 0 Å². The molecule has 15 heavy (non-hydrogen) atoms. The first-order valence-corrected chi connectivity index (χ1v) is 5.79. The van der Waals surface area contributed by atoms with E-state index >= 15 is 0 Å². The molecule has 0 unspecified atom stereocenters. The predicted molar refractivity (Wildman–Crippen MR) is 67.6 cm³/mol. The highest BCUT2D eigenvalue weighted by atomic mass is 14.9. The first-order valence-electron chi connectivity index (χ1n) is 5.79. The summed E-state index contributed by atoms with van der Waals surface area (Å²) in [5.74, 6) is 0.577. The van der Waals surface area contributed by atoms with Crippen molar-refractivity contribution in [1.82, 2.24) is 5.32 Å². The minimum Gasteiger partial charge on any atom is -0.384 e. The number of benzene rings is 1. The van der Waals surface area contributed by atoms with Crippen molar-refractivity contribution in [2.75, 3.05) is 25.0 Å². The fourth-order valence-corrected chi connectivity index (χ4v) is 1.62. The molecular weight excluding hydrogens is 184 g/mol. The lowest BCUT2D eigenvalue weighted by Crippen LogP contribution is -2.22. The van der Waals surface area contributed by atoms with Crippen molar-refractivity contribution in [2.45, 2.75) is 26.7 Å². The highest BCUT2D eigenvalue weighted by Crippen LogP contribution is 2.23. The highest BCUT2D eigenvalue weighted by Gasteiger charge is 2.03. The predicted octanol–water partition coefficient (Wildman–Crippen LogP) is 2.83.